The molecule has 2 nitrogen and oxygen atoms in total. The van der Waals surface area contributed by atoms with Gasteiger partial charge >= 0.3 is 0 Å². The fourth-order valence-corrected chi connectivity index (χ4v) is 4.64. The SMILES string of the molecule is CC1(C=O)CCCC2(C)c3cc(O)ccc3CCC12. The van der Waals surface area contributed by atoms with Crippen molar-refractivity contribution in [2.75, 3.05) is 0 Å². The van der Waals surface area contributed by atoms with Gasteiger partial charge in [-0.2, -0.15) is 0 Å². The third-order valence-corrected chi connectivity index (χ3v) is 5.66. The van der Waals surface area contributed by atoms with Gasteiger partial charge < -0.3 is 9.90 Å². The molecule has 2 heteroatoms. The van der Waals surface area contributed by atoms with Crippen molar-refractivity contribution in [1.29, 1.82) is 0 Å². The van der Waals surface area contributed by atoms with Crippen molar-refractivity contribution in [2.45, 2.75) is 51.4 Å². The van der Waals surface area contributed by atoms with E-state index in [1.807, 2.05) is 6.07 Å². The molecule has 2 aliphatic carbocycles. The second-order valence-corrected chi connectivity index (χ2v) is 6.83. The zero-order valence-corrected chi connectivity index (χ0v) is 11.8. The maximum Gasteiger partial charge on any atom is 0.126 e. The van der Waals surface area contributed by atoms with E-state index in [1.54, 1.807) is 6.07 Å². The predicted octanol–water partition coefficient (Wildman–Crippen LogP) is 3.60. The normalized spacial score (nSPS) is 37.3. The lowest BCUT2D eigenvalue weighted by atomic mass is 9.50. The van der Waals surface area contributed by atoms with Crippen LogP contribution < -0.4 is 0 Å². The molecule has 102 valence electrons. The molecule has 1 fully saturated rings. The van der Waals surface area contributed by atoms with Crippen molar-refractivity contribution in [3.8, 4) is 5.75 Å². The summed E-state index contributed by atoms with van der Waals surface area (Å²) in [7, 11) is 0. The van der Waals surface area contributed by atoms with Crippen LogP contribution >= 0.6 is 0 Å². The van der Waals surface area contributed by atoms with Crippen LogP contribution in [-0.2, 0) is 16.6 Å². The minimum absolute atomic E-state index is 0.0419. The Balaban J connectivity index is 2.14. The van der Waals surface area contributed by atoms with Gasteiger partial charge in [0.1, 0.15) is 12.0 Å². The van der Waals surface area contributed by atoms with E-state index in [1.165, 1.54) is 17.4 Å². The molecule has 0 heterocycles. The molecule has 3 atom stereocenters. The average Bonchev–Trinajstić information content (AvgIpc) is 2.39. The monoisotopic (exact) mass is 258 g/mol. The molecule has 1 aromatic rings. The highest BCUT2D eigenvalue weighted by Crippen LogP contribution is 2.56. The first-order valence-corrected chi connectivity index (χ1v) is 7.28. The summed E-state index contributed by atoms with van der Waals surface area (Å²) in [5.74, 6) is 0.750. The quantitative estimate of drug-likeness (QED) is 0.781. The highest BCUT2D eigenvalue weighted by atomic mass is 16.3. The Bertz CT molecular complexity index is 522. The van der Waals surface area contributed by atoms with E-state index in [4.69, 9.17) is 0 Å². The average molecular weight is 258 g/mol. The minimum atomic E-state index is -0.198. The van der Waals surface area contributed by atoms with Gasteiger partial charge in [-0.05, 0) is 60.3 Å². The molecular weight excluding hydrogens is 236 g/mol. The predicted molar refractivity (Wildman–Crippen MR) is 75.3 cm³/mol. The lowest BCUT2D eigenvalue weighted by molar-refractivity contribution is -0.123. The molecule has 0 amide bonds. The number of aldehydes is 1. The summed E-state index contributed by atoms with van der Waals surface area (Å²) in [6, 6.07) is 5.77. The smallest absolute Gasteiger partial charge is 0.126 e. The Kier molecular flexibility index (Phi) is 2.74. The number of phenolic OH excluding ortho intramolecular Hbond substituents is 1. The van der Waals surface area contributed by atoms with Crippen LogP contribution in [0.15, 0.2) is 18.2 Å². The van der Waals surface area contributed by atoms with Crippen LogP contribution in [0.5, 0.6) is 5.75 Å². The maximum absolute atomic E-state index is 11.6. The third kappa shape index (κ3) is 1.73. The van der Waals surface area contributed by atoms with Crippen LogP contribution in [0.4, 0.5) is 0 Å². The lowest BCUT2D eigenvalue weighted by Crippen LogP contribution is -2.49. The number of fused-ring (bicyclic) bond motifs is 3. The zero-order chi connectivity index (χ0) is 13.7. The molecule has 0 saturated heterocycles. The van der Waals surface area contributed by atoms with Gasteiger partial charge in [0.15, 0.2) is 0 Å². The summed E-state index contributed by atoms with van der Waals surface area (Å²) in [5, 5.41) is 9.81. The number of phenols is 1. The highest BCUT2D eigenvalue weighted by molar-refractivity contribution is 5.61. The molecule has 1 aromatic carbocycles. The molecule has 19 heavy (non-hydrogen) atoms. The molecule has 0 spiro atoms. The van der Waals surface area contributed by atoms with Crippen LogP contribution in [0.1, 0.15) is 50.7 Å². The van der Waals surface area contributed by atoms with Crippen molar-refractivity contribution in [3.05, 3.63) is 29.3 Å². The Labute approximate surface area is 114 Å². The molecule has 0 bridgehead atoms. The molecule has 0 aromatic heterocycles. The van der Waals surface area contributed by atoms with Gasteiger partial charge in [-0.3, -0.25) is 0 Å². The molecular formula is C17H22O2. The van der Waals surface area contributed by atoms with Crippen molar-refractivity contribution in [3.63, 3.8) is 0 Å². The number of carbonyl (C=O) groups is 1. The Morgan fingerprint density at radius 3 is 2.84 bits per heavy atom. The fourth-order valence-electron chi connectivity index (χ4n) is 4.64. The first kappa shape index (κ1) is 12.7. The largest absolute Gasteiger partial charge is 0.508 e. The van der Waals surface area contributed by atoms with Crippen LogP contribution in [0.25, 0.3) is 0 Å². The van der Waals surface area contributed by atoms with Gasteiger partial charge in [-0.1, -0.05) is 26.3 Å². The molecule has 0 aliphatic heterocycles. The van der Waals surface area contributed by atoms with E-state index in [9.17, 15) is 9.90 Å². The summed E-state index contributed by atoms with van der Waals surface area (Å²) in [4.78, 5) is 11.6. The summed E-state index contributed by atoms with van der Waals surface area (Å²) in [6.07, 6.45) is 6.52. The molecule has 1 saturated carbocycles. The molecule has 2 aliphatic rings. The minimum Gasteiger partial charge on any atom is -0.508 e. The number of aryl methyl sites for hydroxylation is 1. The molecule has 1 N–H and O–H groups in total. The van der Waals surface area contributed by atoms with Gasteiger partial charge in [-0.15, -0.1) is 0 Å². The number of carbonyl (C=O) groups excluding carboxylic acids is 1. The van der Waals surface area contributed by atoms with Crippen LogP contribution in [0.3, 0.4) is 0 Å². The van der Waals surface area contributed by atoms with Crippen LogP contribution in [0, 0.1) is 11.3 Å². The van der Waals surface area contributed by atoms with Gasteiger partial charge in [0.25, 0.3) is 0 Å². The topological polar surface area (TPSA) is 37.3 Å². The van der Waals surface area contributed by atoms with Crippen molar-refractivity contribution >= 4 is 6.29 Å². The molecule has 3 rings (SSSR count). The number of rotatable bonds is 1. The summed E-state index contributed by atoms with van der Waals surface area (Å²) in [6.45, 7) is 4.41. The summed E-state index contributed by atoms with van der Waals surface area (Å²) >= 11 is 0. The first-order chi connectivity index (χ1) is 8.99. The summed E-state index contributed by atoms with van der Waals surface area (Å²) in [5.41, 5.74) is 2.47. The number of benzene rings is 1. The number of hydrogen-bond acceptors (Lipinski definition) is 2. The van der Waals surface area contributed by atoms with E-state index in [0.717, 1.165) is 32.1 Å². The van der Waals surface area contributed by atoms with Crippen LogP contribution in [0.2, 0.25) is 0 Å². The van der Waals surface area contributed by atoms with Crippen molar-refractivity contribution in [1.82, 2.24) is 0 Å². The number of hydrogen-bond donors (Lipinski definition) is 1. The third-order valence-electron chi connectivity index (χ3n) is 5.66. The number of aromatic hydroxyl groups is 1. The van der Waals surface area contributed by atoms with Gasteiger partial charge in [0.05, 0.1) is 0 Å². The summed E-state index contributed by atoms with van der Waals surface area (Å²) < 4.78 is 0. The van der Waals surface area contributed by atoms with Crippen LogP contribution in [-0.4, -0.2) is 11.4 Å². The highest BCUT2D eigenvalue weighted by Gasteiger charge is 2.51. The zero-order valence-electron chi connectivity index (χ0n) is 11.8. The van der Waals surface area contributed by atoms with Gasteiger partial charge in [0, 0.05) is 5.41 Å². The Hall–Kier alpha value is -1.31. The van der Waals surface area contributed by atoms with Gasteiger partial charge in [-0.25, -0.2) is 0 Å². The van der Waals surface area contributed by atoms with E-state index >= 15 is 0 Å². The lowest BCUT2D eigenvalue weighted by Gasteiger charge is -2.53. The fraction of sp³-hybridized carbons (Fsp3) is 0.588. The van der Waals surface area contributed by atoms with Crippen molar-refractivity contribution < 1.29 is 9.90 Å². The Morgan fingerprint density at radius 1 is 1.32 bits per heavy atom. The second kappa shape index (κ2) is 4.09. The molecule has 3 unspecified atom stereocenters. The second-order valence-electron chi connectivity index (χ2n) is 6.83. The van der Waals surface area contributed by atoms with E-state index in [0.29, 0.717) is 11.7 Å². The standard InChI is InChI=1S/C17H22O2/c1-16(11-18)8-3-9-17(2)14-10-13(19)6-4-12(14)5-7-15(16)17/h4,6,10-11,15,19H,3,5,7-9H2,1-2H3. The maximum atomic E-state index is 11.6. The van der Waals surface area contributed by atoms with Gasteiger partial charge in [0.2, 0.25) is 0 Å². The molecule has 0 radical (unpaired) electrons. The first-order valence-electron chi connectivity index (χ1n) is 7.28. The van der Waals surface area contributed by atoms with E-state index in [2.05, 4.69) is 19.9 Å². The van der Waals surface area contributed by atoms with Crippen molar-refractivity contribution in [2.24, 2.45) is 11.3 Å². The van der Waals surface area contributed by atoms with E-state index in [-0.39, 0.29) is 10.8 Å². The van der Waals surface area contributed by atoms with E-state index < -0.39 is 0 Å². The Morgan fingerprint density at radius 2 is 2.11 bits per heavy atom.